The van der Waals surface area contributed by atoms with E-state index in [-0.39, 0.29) is 12.6 Å². The molecule has 0 amide bonds. The lowest BCUT2D eigenvalue weighted by atomic mass is 10.1. The van der Waals surface area contributed by atoms with Gasteiger partial charge in [-0.3, -0.25) is 14.2 Å². The lowest BCUT2D eigenvalue weighted by molar-refractivity contribution is -0.157. The molecule has 1 aliphatic rings. The Labute approximate surface area is 166 Å². The van der Waals surface area contributed by atoms with Crippen LogP contribution in [-0.2, 0) is 28.5 Å². The molecule has 2 aromatic heterocycles. The second-order valence-corrected chi connectivity index (χ2v) is 6.77. The van der Waals surface area contributed by atoms with Crippen molar-refractivity contribution in [2.45, 2.75) is 38.4 Å². The van der Waals surface area contributed by atoms with Crippen LogP contribution in [0, 0.1) is 0 Å². The Morgan fingerprint density at radius 2 is 1.97 bits per heavy atom. The Hall–Kier alpha value is -2.99. The van der Waals surface area contributed by atoms with Crippen LogP contribution in [0.15, 0.2) is 6.33 Å². The minimum absolute atomic E-state index is 0.0721. The van der Waals surface area contributed by atoms with Gasteiger partial charge in [0.15, 0.2) is 29.3 Å². The SMILES string of the molecule is COC1C(OC(C)=O)[C@@H](COC(C)=O)O[C@H]1n1cnc2c(N(C)C)nc(N)nc21. The molecular weight excluding hydrogens is 384 g/mol. The van der Waals surface area contributed by atoms with Gasteiger partial charge in [0.25, 0.3) is 0 Å². The highest BCUT2D eigenvalue weighted by atomic mass is 16.6. The first-order chi connectivity index (χ1) is 13.7. The van der Waals surface area contributed by atoms with Gasteiger partial charge in [-0.2, -0.15) is 9.97 Å². The van der Waals surface area contributed by atoms with Gasteiger partial charge in [0.2, 0.25) is 5.95 Å². The fraction of sp³-hybridized carbons (Fsp3) is 0.588. The molecule has 1 aliphatic heterocycles. The number of methoxy groups -OCH3 is 1. The molecule has 0 bridgehead atoms. The number of imidazole rings is 1. The van der Waals surface area contributed by atoms with Gasteiger partial charge in [0.1, 0.15) is 18.8 Å². The Bertz CT molecular complexity index is 915. The van der Waals surface area contributed by atoms with Gasteiger partial charge in [0, 0.05) is 35.1 Å². The molecule has 0 radical (unpaired) electrons. The number of aromatic nitrogens is 4. The molecule has 12 heteroatoms. The largest absolute Gasteiger partial charge is 0.463 e. The van der Waals surface area contributed by atoms with Crippen molar-refractivity contribution in [3.05, 3.63) is 6.33 Å². The van der Waals surface area contributed by atoms with E-state index >= 15 is 0 Å². The average molecular weight is 408 g/mol. The van der Waals surface area contributed by atoms with Crippen LogP contribution in [0.1, 0.15) is 20.1 Å². The highest BCUT2D eigenvalue weighted by Gasteiger charge is 2.49. The van der Waals surface area contributed by atoms with Crippen molar-refractivity contribution in [3.8, 4) is 0 Å². The maximum Gasteiger partial charge on any atom is 0.303 e. The molecule has 4 atom stereocenters. The fourth-order valence-electron chi connectivity index (χ4n) is 3.27. The number of nitrogens with zero attached hydrogens (tertiary/aromatic N) is 5. The molecule has 1 saturated heterocycles. The molecule has 2 aromatic rings. The maximum absolute atomic E-state index is 11.6. The van der Waals surface area contributed by atoms with Crippen molar-refractivity contribution in [1.29, 1.82) is 0 Å². The number of carbonyl (C=O) groups excluding carboxylic acids is 2. The molecule has 0 saturated carbocycles. The Kier molecular flexibility index (Phi) is 5.84. The third-order valence-electron chi connectivity index (χ3n) is 4.43. The quantitative estimate of drug-likeness (QED) is 0.639. The Balaban J connectivity index is 2.02. The van der Waals surface area contributed by atoms with Crippen molar-refractivity contribution in [1.82, 2.24) is 19.5 Å². The van der Waals surface area contributed by atoms with Crippen LogP contribution < -0.4 is 10.6 Å². The first kappa shape index (κ1) is 20.7. The van der Waals surface area contributed by atoms with E-state index in [1.807, 2.05) is 14.1 Å². The smallest absolute Gasteiger partial charge is 0.303 e. The van der Waals surface area contributed by atoms with Crippen LogP contribution >= 0.6 is 0 Å². The fourth-order valence-corrected chi connectivity index (χ4v) is 3.27. The van der Waals surface area contributed by atoms with Gasteiger partial charge in [-0.25, -0.2) is 4.98 Å². The van der Waals surface area contributed by atoms with Gasteiger partial charge in [-0.05, 0) is 0 Å². The molecule has 0 aliphatic carbocycles. The third-order valence-corrected chi connectivity index (χ3v) is 4.43. The summed E-state index contributed by atoms with van der Waals surface area (Å²) in [7, 11) is 5.10. The van der Waals surface area contributed by atoms with Crippen LogP contribution in [0.5, 0.6) is 0 Å². The maximum atomic E-state index is 11.6. The highest BCUT2D eigenvalue weighted by Crippen LogP contribution is 2.36. The second-order valence-electron chi connectivity index (χ2n) is 6.77. The lowest BCUT2D eigenvalue weighted by Gasteiger charge is -2.23. The molecule has 29 heavy (non-hydrogen) atoms. The van der Waals surface area contributed by atoms with Crippen LogP contribution in [0.3, 0.4) is 0 Å². The number of hydrogen-bond acceptors (Lipinski definition) is 11. The molecule has 158 valence electrons. The molecule has 1 fully saturated rings. The summed E-state index contributed by atoms with van der Waals surface area (Å²) in [5.41, 5.74) is 6.83. The van der Waals surface area contributed by atoms with Crippen molar-refractivity contribution < 1.29 is 28.5 Å². The number of ether oxygens (including phenoxy) is 4. The van der Waals surface area contributed by atoms with E-state index in [4.69, 9.17) is 24.7 Å². The summed E-state index contributed by atoms with van der Waals surface area (Å²) < 4.78 is 23.7. The molecule has 3 rings (SSSR count). The lowest BCUT2D eigenvalue weighted by Crippen LogP contribution is -2.39. The van der Waals surface area contributed by atoms with Gasteiger partial charge in [0.05, 0.1) is 6.33 Å². The zero-order chi connectivity index (χ0) is 21.3. The molecule has 2 unspecified atom stereocenters. The molecule has 0 aromatic carbocycles. The highest BCUT2D eigenvalue weighted by molar-refractivity contribution is 5.84. The third kappa shape index (κ3) is 4.07. The molecule has 3 heterocycles. The number of anilines is 2. The number of nitrogens with two attached hydrogens (primary N) is 1. The summed E-state index contributed by atoms with van der Waals surface area (Å²) >= 11 is 0. The number of rotatable bonds is 6. The number of carbonyl (C=O) groups is 2. The minimum atomic E-state index is -0.799. The van der Waals surface area contributed by atoms with E-state index in [0.29, 0.717) is 17.0 Å². The summed E-state index contributed by atoms with van der Waals surface area (Å²) in [5, 5.41) is 0. The summed E-state index contributed by atoms with van der Waals surface area (Å²) in [4.78, 5) is 37.5. The molecule has 2 N–H and O–H groups in total. The van der Waals surface area contributed by atoms with E-state index in [1.54, 1.807) is 9.47 Å². The van der Waals surface area contributed by atoms with Crippen molar-refractivity contribution in [2.24, 2.45) is 0 Å². The molecule has 0 spiro atoms. The van der Waals surface area contributed by atoms with E-state index in [2.05, 4.69) is 15.0 Å². The van der Waals surface area contributed by atoms with Crippen molar-refractivity contribution >= 4 is 34.9 Å². The van der Waals surface area contributed by atoms with Crippen LogP contribution in [0.2, 0.25) is 0 Å². The summed E-state index contributed by atoms with van der Waals surface area (Å²) in [6.07, 6.45) is -1.45. The second kappa shape index (κ2) is 8.17. The monoisotopic (exact) mass is 408 g/mol. The van der Waals surface area contributed by atoms with Crippen LogP contribution in [-0.4, -0.2) is 77.6 Å². The van der Waals surface area contributed by atoms with E-state index in [1.165, 1.54) is 27.3 Å². The van der Waals surface area contributed by atoms with Gasteiger partial charge < -0.3 is 29.6 Å². The van der Waals surface area contributed by atoms with Gasteiger partial charge in [-0.1, -0.05) is 0 Å². The Morgan fingerprint density at radius 1 is 1.24 bits per heavy atom. The van der Waals surface area contributed by atoms with Crippen molar-refractivity contribution in [2.75, 3.05) is 38.4 Å². The first-order valence-electron chi connectivity index (χ1n) is 8.89. The number of esters is 2. The topological polar surface area (TPSA) is 144 Å². The van der Waals surface area contributed by atoms with Crippen molar-refractivity contribution in [3.63, 3.8) is 0 Å². The number of fused-ring (bicyclic) bond motifs is 1. The predicted molar refractivity (Wildman–Crippen MR) is 101 cm³/mol. The molecule has 12 nitrogen and oxygen atoms in total. The van der Waals surface area contributed by atoms with Crippen LogP contribution in [0.25, 0.3) is 11.2 Å². The van der Waals surface area contributed by atoms with E-state index in [9.17, 15) is 9.59 Å². The van der Waals surface area contributed by atoms with Crippen LogP contribution in [0.4, 0.5) is 11.8 Å². The van der Waals surface area contributed by atoms with E-state index in [0.717, 1.165) is 0 Å². The zero-order valence-electron chi connectivity index (χ0n) is 16.9. The molecular formula is C17H24N6O6. The minimum Gasteiger partial charge on any atom is -0.463 e. The Morgan fingerprint density at radius 3 is 2.55 bits per heavy atom. The predicted octanol–water partition coefficient (Wildman–Crippen LogP) is -0.118. The number of nitrogen functional groups attached to an aromatic ring is 1. The number of hydrogen-bond donors (Lipinski definition) is 1. The zero-order valence-corrected chi connectivity index (χ0v) is 16.9. The summed E-state index contributed by atoms with van der Waals surface area (Å²) in [6, 6.07) is 0. The first-order valence-corrected chi connectivity index (χ1v) is 8.89. The standard InChI is InChI=1S/C17H24N6O6/c1-8(24)27-6-10-12(28-9(2)25)13(26-5)16(29-10)23-7-19-11-14(22(3)4)20-17(18)21-15(11)23/h7,10,12-13,16H,6H2,1-5H3,(H2,18,20,21)/t10-,12?,13?,16-/m1/s1. The summed E-state index contributed by atoms with van der Waals surface area (Å²) in [5.74, 6) is -0.364. The van der Waals surface area contributed by atoms with E-state index < -0.39 is 36.5 Å². The van der Waals surface area contributed by atoms with Gasteiger partial charge >= 0.3 is 11.9 Å². The van der Waals surface area contributed by atoms with Gasteiger partial charge in [-0.15, -0.1) is 0 Å². The average Bonchev–Trinajstić information content (AvgIpc) is 3.19. The normalized spacial score (nSPS) is 23.9. The summed E-state index contributed by atoms with van der Waals surface area (Å²) in [6.45, 7) is 2.47.